The number of carboxylic acids is 1. The van der Waals surface area contributed by atoms with Crippen molar-refractivity contribution in [3.05, 3.63) is 94.8 Å². The predicted molar refractivity (Wildman–Crippen MR) is 132 cm³/mol. The normalized spacial score (nSPS) is 16.6. The van der Waals surface area contributed by atoms with Gasteiger partial charge in [0.1, 0.15) is 18.2 Å². The molecule has 5 nitrogen and oxygen atoms in total. The number of para-hydroxylation sites is 1. The molecule has 2 heterocycles. The maximum absolute atomic E-state index is 14.2. The van der Waals surface area contributed by atoms with Crippen molar-refractivity contribution >= 4 is 11.7 Å². The zero-order valence-electron chi connectivity index (χ0n) is 19.8. The van der Waals surface area contributed by atoms with Crippen molar-refractivity contribution < 1.29 is 19.0 Å². The first-order chi connectivity index (χ1) is 17.0. The number of hydrogen-bond acceptors (Lipinski definition) is 3. The number of carboxylic acid groups (broad SMARTS) is 1. The SMILES string of the molecule is O=C(O)CCc1ccc(OCc2ccc(CN3CCC4(CC3)C[N]c3ccccc34)cc2)cc1F. The van der Waals surface area contributed by atoms with Gasteiger partial charge in [-0.3, -0.25) is 15.0 Å². The van der Waals surface area contributed by atoms with Crippen LogP contribution in [0, 0.1) is 5.82 Å². The van der Waals surface area contributed by atoms with E-state index in [0.29, 0.717) is 17.9 Å². The van der Waals surface area contributed by atoms with Gasteiger partial charge in [-0.1, -0.05) is 48.5 Å². The lowest BCUT2D eigenvalue weighted by atomic mass is 9.74. The number of likely N-dealkylation sites (tertiary alicyclic amines) is 1. The standard InChI is InChI=1S/C29H30FN2O3/c30-26-17-24(11-9-23(26)10-12-28(33)34)35-19-22-7-5-21(6-8-22)18-32-15-13-29(14-16-32)20-31-27-4-2-1-3-25(27)29/h1-9,11,17H,10,12-16,18-20H2,(H,33,34). The van der Waals surface area contributed by atoms with E-state index in [4.69, 9.17) is 15.2 Å². The number of rotatable bonds is 8. The molecule has 181 valence electrons. The molecule has 0 atom stereocenters. The Balaban J connectivity index is 1.11. The monoisotopic (exact) mass is 473 g/mol. The quantitative estimate of drug-likeness (QED) is 0.488. The van der Waals surface area contributed by atoms with Crippen molar-refractivity contribution in [1.82, 2.24) is 10.2 Å². The molecular weight excluding hydrogens is 443 g/mol. The summed E-state index contributed by atoms with van der Waals surface area (Å²) in [6.45, 7) is 4.34. The Labute approximate surface area is 205 Å². The third kappa shape index (κ3) is 5.33. The molecule has 2 aliphatic rings. The molecule has 3 aromatic rings. The molecule has 2 aliphatic heterocycles. The molecule has 0 aromatic heterocycles. The van der Waals surface area contributed by atoms with Gasteiger partial charge in [0, 0.05) is 31.0 Å². The average Bonchev–Trinajstić information content (AvgIpc) is 3.22. The van der Waals surface area contributed by atoms with Gasteiger partial charge in [-0.2, -0.15) is 0 Å². The van der Waals surface area contributed by atoms with Gasteiger partial charge in [-0.05, 0) is 66.7 Å². The van der Waals surface area contributed by atoms with E-state index in [9.17, 15) is 9.18 Å². The van der Waals surface area contributed by atoms with Gasteiger partial charge in [-0.25, -0.2) is 4.39 Å². The molecule has 1 fully saturated rings. The van der Waals surface area contributed by atoms with E-state index in [0.717, 1.165) is 44.6 Å². The molecule has 1 N–H and O–H groups in total. The molecule has 3 aromatic carbocycles. The molecule has 0 unspecified atom stereocenters. The van der Waals surface area contributed by atoms with Crippen molar-refractivity contribution in [2.24, 2.45) is 0 Å². The molecule has 1 spiro atoms. The summed E-state index contributed by atoms with van der Waals surface area (Å²) in [5, 5.41) is 13.5. The first-order valence-corrected chi connectivity index (χ1v) is 12.2. The first-order valence-electron chi connectivity index (χ1n) is 12.2. The van der Waals surface area contributed by atoms with Crippen LogP contribution in [-0.2, 0) is 29.8 Å². The number of aryl methyl sites for hydroxylation is 1. The fourth-order valence-electron chi connectivity index (χ4n) is 5.18. The van der Waals surface area contributed by atoms with E-state index >= 15 is 0 Å². The maximum Gasteiger partial charge on any atom is 0.303 e. The van der Waals surface area contributed by atoms with Crippen molar-refractivity contribution in [1.29, 1.82) is 0 Å². The summed E-state index contributed by atoms with van der Waals surface area (Å²) in [6.07, 6.45) is 2.37. The summed E-state index contributed by atoms with van der Waals surface area (Å²) in [5.74, 6) is -0.932. The van der Waals surface area contributed by atoms with Gasteiger partial charge in [0.2, 0.25) is 0 Å². The van der Waals surface area contributed by atoms with Crippen LogP contribution in [-0.4, -0.2) is 35.6 Å². The summed E-state index contributed by atoms with van der Waals surface area (Å²) in [5.41, 5.74) is 5.51. The molecule has 5 rings (SSSR count). The highest BCUT2D eigenvalue weighted by atomic mass is 19.1. The highest BCUT2D eigenvalue weighted by Crippen LogP contribution is 2.44. The highest BCUT2D eigenvalue weighted by Gasteiger charge is 2.41. The van der Waals surface area contributed by atoms with E-state index < -0.39 is 11.8 Å². The summed E-state index contributed by atoms with van der Waals surface area (Å²) in [4.78, 5) is 13.2. The lowest BCUT2D eigenvalue weighted by Crippen LogP contribution is -2.43. The van der Waals surface area contributed by atoms with Gasteiger partial charge < -0.3 is 9.84 Å². The second-order valence-corrected chi connectivity index (χ2v) is 9.64. The zero-order valence-corrected chi connectivity index (χ0v) is 19.8. The molecule has 0 aliphatic carbocycles. The molecule has 35 heavy (non-hydrogen) atoms. The summed E-state index contributed by atoms with van der Waals surface area (Å²) >= 11 is 0. The number of carbonyl (C=O) groups is 1. The highest BCUT2D eigenvalue weighted by molar-refractivity contribution is 5.67. The number of ether oxygens (including phenoxy) is 1. The lowest BCUT2D eigenvalue weighted by molar-refractivity contribution is -0.136. The van der Waals surface area contributed by atoms with Crippen molar-refractivity contribution in [3.63, 3.8) is 0 Å². The molecule has 1 radical (unpaired) electrons. The Morgan fingerprint density at radius 1 is 1.03 bits per heavy atom. The van der Waals surface area contributed by atoms with Gasteiger partial charge in [0.15, 0.2) is 0 Å². The van der Waals surface area contributed by atoms with Crippen molar-refractivity contribution in [3.8, 4) is 5.75 Å². The van der Waals surface area contributed by atoms with Crippen LogP contribution in [0.4, 0.5) is 10.1 Å². The van der Waals surface area contributed by atoms with Gasteiger partial charge in [-0.15, -0.1) is 0 Å². The number of nitrogens with zero attached hydrogens (tertiary/aromatic N) is 2. The van der Waals surface area contributed by atoms with Gasteiger partial charge in [0.05, 0.1) is 5.69 Å². The van der Waals surface area contributed by atoms with Crippen LogP contribution in [0.3, 0.4) is 0 Å². The second kappa shape index (κ2) is 10.1. The first kappa shape index (κ1) is 23.4. The van der Waals surface area contributed by atoms with E-state index in [1.807, 2.05) is 0 Å². The van der Waals surface area contributed by atoms with Crippen molar-refractivity contribution in [2.45, 2.75) is 44.2 Å². The van der Waals surface area contributed by atoms with Crippen LogP contribution in [0.1, 0.15) is 41.5 Å². The fraction of sp³-hybridized carbons (Fsp3) is 0.345. The largest absolute Gasteiger partial charge is 0.489 e. The summed E-state index contributed by atoms with van der Waals surface area (Å²) in [7, 11) is 0. The summed E-state index contributed by atoms with van der Waals surface area (Å²) in [6, 6.07) is 21.6. The van der Waals surface area contributed by atoms with Crippen LogP contribution in [0.2, 0.25) is 0 Å². The average molecular weight is 474 g/mol. The van der Waals surface area contributed by atoms with Crippen LogP contribution < -0.4 is 10.1 Å². The Kier molecular flexibility index (Phi) is 6.73. The van der Waals surface area contributed by atoms with E-state index in [-0.39, 0.29) is 18.3 Å². The Hall–Kier alpha value is -3.38. The van der Waals surface area contributed by atoms with E-state index in [1.54, 1.807) is 12.1 Å². The minimum absolute atomic E-state index is 0.0917. The minimum Gasteiger partial charge on any atom is -0.489 e. The summed E-state index contributed by atoms with van der Waals surface area (Å²) < 4.78 is 19.9. The van der Waals surface area contributed by atoms with E-state index in [2.05, 4.69) is 53.4 Å². The number of piperidine rings is 1. The molecule has 0 bridgehead atoms. The number of benzene rings is 3. The molecule has 0 saturated carbocycles. The minimum atomic E-state index is -0.937. The lowest BCUT2D eigenvalue weighted by Gasteiger charge is -2.39. The molecular formula is C29H30FN2O3. The second-order valence-electron chi connectivity index (χ2n) is 9.64. The smallest absolute Gasteiger partial charge is 0.303 e. The number of aliphatic carboxylic acids is 1. The van der Waals surface area contributed by atoms with Gasteiger partial charge >= 0.3 is 5.97 Å². The molecule has 6 heteroatoms. The van der Waals surface area contributed by atoms with Crippen molar-refractivity contribution in [2.75, 3.05) is 19.6 Å². The predicted octanol–water partition coefficient (Wildman–Crippen LogP) is 5.21. The van der Waals surface area contributed by atoms with Gasteiger partial charge in [0.25, 0.3) is 0 Å². The maximum atomic E-state index is 14.2. The third-order valence-corrected chi connectivity index (χ3v) is 7.31. The Morgan fingerprint density at radius 3 is 2.51 bits per heavy atom. The van der Waals surface area contributed by atoms with Crippen LogP contribution in [0.5, 0.6) is 5.75 Å². The molecule has 0 amide bonds. The molecule has 1 saturated heterocycles. The number of fused-ring (bicyclic) bond motifs is 2. The third-order valence-electron chi connectivity index (χ3n) is 7.31. The fourth-order valence-corrected chi connectivity index (χ4v) is 5.18. The van der Waals surface area contributed by atoms with Crippen LogP contribution in [0.15, 0.2) is 66.7 Å². The Bertz CT molecular complexity index is 1190. The number of halogens is 1. The van der Waals surface area contributed by atoms with Crippen LogP contribution >= 0.6 is 0 Å². The zero-order chi connectivity index (χ0) is 24.3. The van der Waals surface area contributed by atoms with Crippen LogP contribution in [0.25, 0.3) is 0 Å². The topological polar surface area (TPSA) is 63.9 Å². The number of hydrogen-bond donors (Lipinski definition) is 1. The van der Waals surface area contributed by atoms with E-state index in [1.165, 1.54) is 22.9 Å². The Morgan fingerprint density at radius 2 is 1.77 bits per heavy atom.